The summed E-state index contributed by atoms with van der Waals surface area (Å²) in [5.41, 5.74) is 4.99. The van der Waals surface area contributed by atoms with Gasteiger partial charge in [0.2, 0.25) is 0 Å². The molecular weight excluding hydrogens is 398 g/mol. The molecule has 4 aliphatic rings. The van der Waals surface area contributed by atoms with Crippen molar-refractivity contribution in [3.05, 3.63) is 47.1 Å². The average Bonchev–Trinajstić information content (AvgIpc) is 3.34. The van der Waals surface area contributed by atoms with E-state index in [4.69, 9.17) is 0 Å². The Labute approximate surface area is 205 Å². The third-order valence-corrected chi connectivity index (χ3v) is 9.24. The third-order valence-electron chi connectivity index (χ3n) is 9.24. The lowest BCUT2D eigenvalue weighted by molar-refractivity contribution is 0.294. The highest BCUT2D eigenvalue weighted by atomic mass is 14.9. The predicted octanol–water partition coefficient (Wildman–Crippen LogP) is 8.94. The van der Waals surface area contributed by atoms with Crippen LogP contribution in [-0.2, 0) is 0 Å². The van der Waals surface area contributed by atoms with Gasteiger partial charge in [-0.25, -0.2) is 0 Å². The summed E-state index contributed by atoms with van der Waals surface area (Å²) in [6.45, 7) is 8.12. The van der Waals surface area contributed by atoms with Crippen molar-refractivity contribution in [3.63, 3.8) is 0 Å². The maximum atomic E-state index is 3.98. The fourth-order valence-electron chi connectivity index (χ4n) is 7.29. The molecule has 0 saturated heterocycles. The topological polar surface area (TPSA) is 12.0 Å². The van der Waals surface area contributed by atoms with E-state index in [2.05, 4.69) is 56.5 Å². The molecule has 0 spiro atoms. The molecule has 1 heteroatoms. The first-order valence-corrected chi connectivity index (χ1v) is 14.6. The molecule has 1 nitrogen and oxygen atoms in total. The lowest BCUT2D eigenvalue weighted by atomic mass is 9.72. The number of hydrogen-bond acceptors (Lipinski definition) is 1. The minimum Gasteiger partial charge on any atom is -0.303 e. The molecule has 0 aromatic carbocycles. The molecule has 184 valence electrons. The molecular formula is C32H51N. The quantitative estimate of drug-likeness (QED) is 0.346. The second kappa shape index (κ2) is 12.6. The largest absolute Gasteiger partial charge is 0.303 e. The van der Waals surface area contributed by atoms with Crippen LogP contribution >= 0.6 is 0 Å². The van der Waals surface area contributed by atoms with Gasteiger partial charge in [-0.15, -0.1) is 0 Å². The van der Waals surface area contributed by atoms with Gasteiger partial charge in [0, 0.05) is 12.6 Å². The Morgan fingerprint density at radius 1 is 0.939 bits per heavy atom. The molecule has 0 radical (unpaired) electrons. The van der Waals surface area contributed by atoms with Crippen molar-refractivity contribution in [3.8, 4) is 0 Å². The van der Waals surface area contributed by atoms with Crippen LogP contribution in [0.1, 0.15) is 111 Å². The number of nitrogens with one attached hydrogen (secondary N) is 1. The summed E-state index contributed by atoms with van der Waals surface area (Å²) in [5.74, 6) is 4.18. The SMILES string of the molecule is C/C=C\C(NCC1=CC(C2CCCCC2C)=CC(CCC2CCCC2)C1)C1=CC(C)CCC1. The first-order valence-electron chi connectivity index (χ1n) is 14.6. The Morgan fingerprint density at radius 3 is 2.48 bits per heavy atom. The Morgan fingerprint density at radius 2 is 1.73 bits per heavy atom. The highest BCUT2D eigenvalue weighted by Gasteiger charge is 2.28. The van der Waals surface area contributed by atoms with Gasteiger partial charge in [0.15, 0.2) is 0 Å². The lowest BCUT2D eigenvalue weighted by Crippen LogP contribution is -2.33. The first-order chi connectivity index (χ1) is 16.1. The van der Waals surface area contributed by atoms with Crippen LogP contribution in [0.4, 0.5) is 0 Å². The van der Waals surface area contributed by atoms with Crippen molar-refractivity contribution in [2.24, 2.45) is 29.6 Å². The lowest BCUT2D eigenvalue weighted by Gasteiger charge is -2.34. The monoisotopic (exact) mass is 449 g/mol. The molecule has 0 heterocycles. The van der Waals surface area contributed by atoms with Crippen molar-refractivity contribution < 1.29 is 0 Å². The van der Waals surface area contributed by atoms with Crippen molar-refractivity contribution in [2.45, 2.75) is 117 Å². The molecule has 33 heavy (non-hydrogen) atoms. The fraction of sp³-hybridized carbons (Fsp3) is 0.750. The van der Waals surface area contributed by atoms with Gasteiger partial charge in [-0.2, -0.15) is 0 Å². The van der Waals surface area contributed by atoms with Crippen LogP contribution in [0.5, 0.6) is 0 Å². The van der Waals surface area contributed by atoms with Crippen LogP contribution in [-0.4, -0.2) is 12.6 Å². The molecule has 2 fully saturated rings. The van der Waals surface area contributed by atoms with Crippen LogP contribution in [0, 0.1) is 29.6 Å². The van der Waals surface area contributed by atoms with E-state index >= 15 is 0 Å². The Hall–Kier alpha value is -1.08. The Bertz CT molecular complexity index is 732. The summed E-state index contributed by atoms with van der Waals surface area (Å²) in [5, 5.41) is 3.98. The highest BCUT2D eigenvalue weighted by molar-refractivity contribution is 5.33. The summed E-state index contributed by atoms with van der Waals surface area (Å²) < 4.78 is 0. The molecule has 4 aliphatic carbocycles. The van der Waals surface area contributed by atoms with E-state index in [9.17, 15) is 0 Å². The predicted molar refractivity (Wildman–Crippen MR) is 144 cm³/mol. The molecule has 0 amide bonds. The van der Waals surface area contributed by atoms with E-state index in [1.54, 1.807) is 16.7 Å². The maximum Gasteiger partial charge on any atom is 0.0467 e. The Kier molecular flexibility index (Phi) is 9.54. The van der Waals surface area contributed by atoms with Crippen LogP contribution in [0.2, 0.25) is 0 Å². The van der Waals surface area contributed by atoms with Gasteiger partial charge in [0.25, 0.3) is 0 Å². The molecule has 0 aromatic rings. The normalized spacial score (nSPS) is 32.5. The second-order valence-electron chi connectivity index (χ2n) is 12.0. The van der Waals surface area contributed by atoms with Crippen molar-refractivity contribution in [1.82, 2.24) is 5.32 Å². The summed E-state index contributed by atoms with van der Waals surface area (Å²) >= 11 is 0. The smallest absolute Gasteiger partial charge is 0.0467 e. The summed E-state index contributed by atoms with van der Waals surface area (Å²) in [4.78, 5) is 0. The van der Waals surface area contributed by atoms with E-state index in [-0.39, 0.29) is 0 Å². The van der Waals surface area contributed by atoms with Gasteiger partial charge in [0.1, 0.15) is 0 Å². The molecule has 0 aliphatic heterocycles. The first kappa shape index (κ1) is 25.0. The van der Waals surface area contributed by atoms with E-state index in [1.807, 2.05) is 0 Å². The fourth-order valence-corrected chi connectivity index (χ4v) is 7.29. The summed E-state index contributed by atoms with van der Waals surface area (Å²) in [7, 11) is 0. The molecule has 2 saturated carbocycles. The van der Waals surface area contributed by atoms with E-state index in [1.165, 1.54) is 89.9 Å². The zero-order chi connectivity index (χ0) is 23.0. The van der Waals surface area contributed by atoms with Gasteiger partial charge >= 0.3 is 0 Å². The minimum atomic E-state index is 0.415. The van der Waals surface area contributed by atoms with E-state index in [0.29, 0.717) is 6.04 Å². The standard InChI is InChI=1S/C32H51N/c1-4-10-32(29-15-9-11-24(2)19-29)33-23-28-20-27(18-17-26-13-6-7-14-26)21-30(22-28)31-16-8-5-12-25(31)3/h4,10,19,21-22,24-27,31-33H,5-9,11-18,20,23H2,1-3H3/b10-4-. The van der Waals surface area contributed by atoms with Crippen LogP contribution < -0.4 is 5.32 Å². The Balaban J connectivity index is 1.44. The average molecular weight is 450 g/mol. The second-order valence-corrected chi connectivity index (χ2v) is 12.0. The van der Waals surface area contributed by atoms with Crippen LogP contribution in [0.3, 0.4) is 0 Å². The third kappa shape index (κ3) is 7.20. The zero-order valence-electron chi connectivity index (χ0n) is 22.0. The van der Waals surface area contributed by atoms with Crippen molar-refractivity contribution in [2.75, 3.05) is 6.54 Å². The van der Waals surface area contributed by atoms with Gasteiger partial charge in [-0.05, 0) is 87.0 Å². The van der Waals surface area contributed by atoms with Crippen molar-refractivity contribution >= 4 is 0 Å². The van der Waals surface area contributed by atoms with Gasteiger partial charge in [-0.1, -0.05) is 100 Å². The van der Waals surface area contributed by atoms with Crippen molar-refractivity contribution in [1.29, 1.82) is 0 Å². The molecule has 4 rings (SSSR count). The highest BCUT2D eigenvalue weighted by Crippen LogP contribution is 2.40. The number of hydrogen-bond donors (Lipinski definition) is 1. The van der Waals surface area contributed by atoms with Gasteiger partial charge < -0.3 is 5.32 Å². The molecule has 5 unspecified atom stereocenters. The van der Waals surface area contributed by atoms with Gasteiger partial charge in [-0.3, -0.25) is 0 Å². The number of allylic oxidation sites excluding steroid dienone is 5. The maximum absolute atomic E-state index is 3.98. The summed E-state index contributed by atoms with van der Waals surface area (Å²) in [6.07, 6.45) is 32.3. The molecule has 1 N–H and O–H groups in total. The summed E-state index contributed by atoms with van der Waals surface area (Å²) in [6, 6.07) is 0.415. The molecule has 0 aromatic heterocycles. The zero-order valence-corrected chi connectivity index (χ0v) is 22.0. The number of rotatable bonds is 9. The molecule has 5 atom stereocenters. The molecule has 0 bridgehead atoms. The van der Waals surface area contributed by atoms with Gasteiger partial charge in [0.05, 0.1) is 0 Å². The van der Waals surface area contributed by atoms with E-state index in [0.717, 1.165) is 36.1 Å². The van der Waals surface area contributed by atoms with Crippen LogP contribution in [0.15, 0.2) is 47.1 Å². The van der Waals surface area contributed by atoms with Crippen LogP contribution in [0.25, 0.3) is 0 Å². The van der Waals surface area contributed by atoms with E-state index < -0.39 is 0 Å². The minimum absolute atomic E-state index is 0.415.